The number of rotatable bonds is 4. The van der Waals surface area contributed by atoms with E-state index in [-0.39, 0.29) is 5.56 Å². The molecule has 2 aromatic heterocycles. The minimum atomic E-state index is -0.973. The fourth-order valence-corrected chi connectivity index (χ4v) is 3.63. The molecule has 7 heteroatoms. The summed E-state index contributed by atoms with van der Waals surface area (Å²) in [7, 11) is 0. The molecule has 1 aromatic carbocycles. The first-order valence-electron chi connectivity index (χ1n) is 6.30. The molecule has 0 aliphatic rings. The number of carboxylic acids is 1. The van der Waals surface area contributed by atoms with E-state index in [1.54, 1.807) is 6.07 Å². The molecule has 0 fully saturated rings. The molecule has 0 aliphatic heterocycles. The number of nitrogens with zero attached hydrogens (tertiary/aromatic N) is 3. The van der Waals surface area contributed by atoms with E-state index in [1.165, 1.54) is 29.5 Å². The van der Waals surface area contributed by atoms with Crippen molar-refractivity contribution in [3.8, 4) is 0 Å². The third kappa shape index (κ3) is 2.74. The van der Waals surface area contributed by atoms with E-state index in [0.717, 1.165) is 27.0 Å². The Labute approximate surface area is 129 Å². The number of aromatic carboxylic acids is 1. The van der Waals surface area contributed by atoms with Crippen LogP contribution in [0.1, 0.15) is 23.1 Å². The summed E-state index contributed by atoms with van der Waals surface area (Å²) in [5.41, 5.74) is 0.210. The van der Waals surface area contributed by atoms with Crippen LogP contribution in [-0.4, -0.2) is 25.4 Å². The third-order valence-electron chi connectivity index (χ3n) is 2.94. The number of benzene rings is 1. The Kier molecular flexibility index (Phi) is 3.85. The molecule has 2 heterocycles. The van der Waals surface area contributed by atoms with E-state index in [1.807, 2.05) is 25.1 Å². The van der Waals surface area contributed by atoms with Gasteiger partial charge in [-0.15, -0.1) is 0 Å². The van der Waals surface area contributed by atoms with Crippen molar-refractivity contribution in [1.29, 1.82) is 0 Å². The predicted molar refractivity (Wildman–Crippen MR) is 82.1 cm³/mol. The quantitative estimate of drug-likeness (QED) is 0.793. The Bertz CT molecular complexity index is 817. The van der Waals surface area contributed by atoms with Gasteiger partial charge in [0.2, 0.25) is 0 Å². The Balaban J connectivity index is 2.07. The van der Waals surface area contributed by atoms with Gasteiger partial charge in [-0.2, -0.15) is 4.37 Å². The maximum Gasteiger partial charge on any atom is 0.337 e. The molecule has 3 rings (SSSR count). The molecule has 0 unspecified atom stereocenters. The second-order valence-electron chi connectivity index (χ2n) is 4.26. The first-order valence-corrected chi connectivity index (χ1v) is 7.89. The predicted octanol–water partition coefficient (Wildman–Crippen LogP) is 3.50. The van der Waals surface area contributed by atoms with Gasteiger partial charge in [-0.25, -0.2) is 14.8 Å². The van der Waals surface area contributed by atoms with Gasteiger partial charge in [0, 0.05) is 23.4 Å². The Morgan fingerprint density at radius 3 is 2.76 bits per heavy atom. The molecule has 1 N–H and O–H groups in total. The van der Waals surface area contributed by atoms with E-state index in [0.29, 0.717) is 5.39 Å². The lowest BCUT2D eigenvalue weighted by molar-refractivity contribution is 0.0698. The molecule has 0 aliphatic carbocycles. The van der Waals surface area contributed by atoms with Gasteiger partial charge in [0.25, 0.3) is 0 Å². The van der Waals surface area contributed by atoms with Crippen LogP contribution in [0.25, 0.3) is 10.8 Å². The van der Waals surface area contributed by atoms with Crippen molar-refractivity contribution < 1.29 is 9.90 Å². The number of hydrogen-bond donors (Lipinski definition) is 1. The van der Waals surface area contributed by atoms with Crippen molar-refractivity contribution in [1.82, 2.24) is 14.3 Å². The molecule has 3 aromatic rings. The van der Waals surface area contributed by atoms with Crippen molar-refractivity contribution in [2.24, 2.45) is 0 Å². The average Bonchev–Trinajstić information content (AvgIpc) is 2.95. The number of fused-ring (bicyclic) bond motifs is 1. The molecule has 21 heavy (non-hydrogen) atoms. The zero-order valence-corrected chi connectivity index (χ0v) is 12.7. The van der Waals surface area contributed by atoms with Crippen LogP contribution in [0.5, 0.6) is 0 Å². The van der Waals surface area contributed by atoms with Gasteiger partial charge in [-0.05, 0) is 23.3 Å². The largest absolute Gasteiger partial charge is 0.478 e. The summed E-state index contributed by atoms with van der Waals surface area (Å²) >= 11 is 2.75. The van der Waals surface area contributed by atoms with Gasteiger partial charge < -0.3 is 5.11 Å². The first-order chi connectivity index (χ1) is 10.2. The minimum Gasteiger partial charge on any atom is -0.478 e. The smallest absolute Gasteiger partial charge is 0.337 e. The van der Waals surface area contributed by atoms with Crippen molar-refractivity contribution in [2.75, 3.05) is 0 Å². The second-order valence-corrected chi connectivity index (χ2v) is 6.25. The zero-order chi connectivity index (χ0) is 14.8. The summed E-state index contributed by atoms with van der Waals surface area (Å²) in [6.45, 7) is 2.01. The van der Waals surface area contributed by atoms with Crippen molar-refractivity contribution in [3.05, 3.63) is 41.9 Å². The van der Waals surface area contributed by atoms with Crippen LogP contribution in [0.2, 0.25) is 0 Å². The fraction of sp³-hybridized carbons (Fsp3) is 0.143. The highest BCUT2D eigenvalue weighted by Crippen LogP contribution is 2.33. The molecule has 106 valence electrons. The van der Waals surface area contributed by atoms with Gasteiger partial charge in [0.1, 0.15) is 10.9 Å². The normalized spacial score (nSPS) is 10.9. The van der Waals surface area contributed by atoms with E-state index in [9.17, 15) is 9.90 Å². The minimum absolute atomic E-state index is 0.210. The first kappa shape index (κ1) is 14.0. The van der Waals surface area contributed by atoms with E-state index >= 15 is 0 Å². The van der Waals surface area contributed by atoms with Gasteiger partial charge in [0.05, 0.1) is 5.56 Å². The van der Waals surface area contributed by atoms with Gasteiger partial charge in [0.15, 0.2) is 4.34 Å². The summed E-state index contributed by atoms with van der Waals surface area (Å²) in [5, 5.41) is 11.5. The lowest BCUT2D eigenvalue weighted by Crippen LogP contribution is -1.99. The van der Waals surface area contributed by atoms with E-state index in [2.05, 4.69) is 14.3 Å². The SMILES string of the molecule is CCc1nsc(Sc2ncc(C(=O)O)c3ccccc23)n1. The molecular formula is C14H11N3O2S2. The Hall–Kier alpha value is -1.99. The monoisotopic (exact) mass is 317 g/mol. The van der Waals surface area contributed by atoms with Crippen LogP contribution in [0.15, 0.2) is 39.8 Å². The second kappa shape index (κ2) is 5.79. The number of aryl methyl sites for hydroxylation is 1. The maximum absolute atomic E-state index is 11.3. The highest BCUT2D eigenvalue weighted by molar-refractivity contribution is 8.01. The molecule has 0 radical (unpaired) electrons. The van der Waals surface area contributed by atoms with E-state index in [4.69, 9.17) is 0 Å². The van der Waals surface area contributed by atoms with Crippen LogP contribution in [0.4, 0.5) is 0 Å². The van der Waals surface area contributed by atoms with Crippen LogP contribution in [0, 0.1) is 0 Å². The lowest BCUT2D eigenvalue weighted by Gasteiger charge is -2.06. The highest BCUT2D eigenvalue weighted by atomic mass is 32.2. The number of carbonyl (C=O) groups is 1. The molecule has 0 saturated carbocycles. The molecular weight excluding hydrogens is 306 g/mol. The van der Waals surface area contributed by atoms with Crippen molar-refractivity contribution in [2.45, 2.75) is 22.7 Å². The molecule has 0 bridgehead atoms. The topological polar surface area (TPSA) is 76.0 Å². The fourth-order valence-electron chi connectivity index (χ4n) is 1.92. The highest BCUT2D eigenvalue weighted by Gasteiger charge is 2.14. The molecule has 0 spiro atoms. The van der Waals surface area contributed by atoms with E-state index < -0.39 is 5.97 Å². The summed E-state index contributed by atoms with van der Waals surface area (Å²) in [5.74, 6) is -0.159. The molecule has 0 atom stereocenters. The van der Waals surface area contributed by atoms with Crippen LogP contribution in [0.3, 0.4) is 0 Å². The summed E-state index contributed by atoms with van der Waals surface area (Å²) < 4.78 is 5.06. The van der Waals surface area contributed by atoms with Crippen LogP contribution < -0.4 is 0 Å². The number of carboxylic acid groups (broad SMARTS) is 1. The number of hydrogen-bond acceptors (Lipinski definition) is 6. The molecule has 0 saturated heterocycles. The van der Waals surface area contributed by atoms with Gasteiger partial charge >= 0.3 is 5.97 Å². The van der Waals surface area contributed by atoms with Crippen LogP contribution in [-0.2, 0) is 6.42 Å². The average molecular weight is 317 g/mol. The maximum atomic E-state index is 11.3. The molecule has 0 amide bonds. The van der Waals surface area contributed by atoms with Gasteiger partial charge in [-0.3, -0.25) is 0 Å². The summed E-state index contributed by atoms with van der Waals surface area (Å²) in [4.78, 5) is 19.9. The Morgan fingerprint density at radius 1 is 1.33 bits per heavy atom. The third-order valence-corrected chi connectivity index (χ3v) is 4.75. The Morgan fingerprint density at radius 2 is 2.10 bits per heavy atom. The summed E-state index contributed by atoms with van der Waals surface area (Å²) in [6, 6.07) is 7.36. The molecule has 5 nitrogen and oxygen atoms in total. The zero-order valence-electron chi connectivity index (χ0n) is 11.1. The summed E-state index contributed by atoms with van der Waals surface area (Å²) in [6.07, 6.45) is 2.19. The van der Waals surface area contributed by atoms with Crippen LogP contribution >= 0.6 is 23.3 Å². The van der Waals surface area contributed by atoms with Gasteiger partial charge in [-0.1, -0.05) is 31.2 Å². The lowest BCUT2D eigenvalue weighted by atomic mass is 10.1. The standard InChI is InChI=1S/C14H11N3O2S2/c1-2-11-16-14(21-17-11)20-12-9-6-4-3-5-8(9)10(7-15-12)13(18)19/h3-7H,2H2,1H3,(H,18,19). The number of aromatic nitrogens is 3. The van der Waals surface area contributed by atoms with Crippen molar-refractivity contribution in [3.63, 3.8) is 0 Å². The van der Waals surface area contributed by atoms with Crippen molar-refractivity contribution >= 4 is 40.0 Å². The number of pyridine rings is 1.